The highest BCUT2D eigenvalue weighted by molar-refractivity contribution is 5.77. The minimum absolute atomic E-state index is 0.0166. The SMILES string of the molecule is CCCNC(=O)CNCc1noc(C)n1. The van der Waals surface area contributed by atoms with Gasteiger partial charge in [-0.15, -0.1) is 0 Å². The molecule has 2 N–H and O–H groups in total. The molecule has 15 heavy (non-hydrogen) atoms. The second-order valence-electron chi connectivity index (χ2n) is 3.18. The summed E-state index contributed by atoms with van der Waals surface area (Å²) in [5.74, 6) is 1.08. The number of carbonyl (C=O) groups excluding carboxylic acids is 1. The molecule has 0 radical (unpaired) electrons. The van der Waals surface area contributed by atoms with Crippen molar-refractivity contribution in [1.29, 1.82) is 0 Å². The fourth-order valence-corrected chi connectivity index (χ4v) is 1.03. The van der Waals surface area contributed by atoms with E-state index >= 15 is 0 Å². The Morgan fingerprint density at radius 1 is 1.53 bits per heavy atom. The van der Waals surface area contributed by atoms with Crippen molar-refractivity contribution in [3.05, 3.63) is 11.7 Å². The molecule has 0 bridgehead atoms. The van der Waals surface area contributed by atoms with E-state index in [4.69, 9.17) is 4.52 Å². The Bertz CT molecular complexity index is 311. The lowest BCUT2D eigenvalue weighted by Crippen LogP contribution is -2.34. The van der Waals surface area contributed by atoms with Crippen LogP contribution >= 0.6 is 0 Å². The van der Waals surface area contributed by atoms with Crippen molar-refractivity contribution in [2.75, 3.05) is 13.1 Å². The second kappa shape index (κ2) is 6.13. The standard InChI is InChI=1S/C9H16N4O2/c1-3-4-11-9(14)6-10-5-8-12-7(2)15-13-8/h10H,3-6H2,1-2H3,(H,11,14). The van der Waals surface area contributed by atoms with Gasteiger partial charge in [-0.3, -0.25) is 4.79 Å². The largest absolute Gasteiger partial charge is 0.355 e. The molecule has 0 aliphatic rings. The van der Waals surface area contributed by atoms with Gasteiger partial charge in [0.25, 0.3) is 0 Å². The third kappa shape index (κ3) is 4.55. The molecule has 6 nitrogen and oxygen atoms in total. The van der Waals surface area contributed by atoms with Gasteiger partial charge in [0.15, 0.2) is 5.82 Å². The second-order valence-corrected chi connectivity index (χ2v) is 3.18. The first-order chi connectivity index (χ1) is 7.22. The zero-order chi connectivity index (χ0) is 11.1. The van der Waals surface area contributed by atoms with Crippen molar-refractivity contribution in [3.8, 4) is 0 Å². The Kier molecular flexibility index (Phi) is 4.76. The van der Waals surface area contributed by atoms with E-state index in [1.165, 1.54) is 0 Å². The first-order valence-corrected chi connectivity index (χ1v) is 4.99. The van der Waals surface area contributed by atoms with Crippen molar-refractivity contribution >= 4 is 5.91 Å². The third-order valence-electron chi connectivity index (χ3n) is 1.71. The summed E-state index contributed by atoms with van der Waals surface area (Å²) in [6, 6.07) is 0. The van der Waals surface area contributed by atoms with Gasteiger partial charge in [0.2, 0.25) is 11.8 Å². The molecule has 0 spiro atoms. The van der Waals surface area contributed by atoms with Crippen LogP contribution in [-0.4, -0.2) is 29.1 Å². The first-order valence-electron chi connectivity index (χ1n) is 4.99. The summed E-state index contributed by atoms with van der Waals surface area (Å²) < 4.78 is 4.79. The lowest BCUT2D eigenvalue weighted by Gasteiger charge is -2.03. The van der Waals surface area contributed by atoms with Gasteiger partial charge in [-0.1, -0.05) is 12.1 Å². The Morgan fingerprint density at radius 3 is 2.93 bits per heavy atom. The fourth-order valence-electron chi connectivity index (χ4n) is 1.03. The van der Waals surface area contributed by atoms with Gasteiger partial charge in [0.05, 0.1) is 13.1 Å². The normalized spacial score (nSPS) is 10.3. The molecule has 0 fully saturated rings. The molecule has 0 unspecified atom stereocenters. The van der Waals surface area contributed by atoms with Crippen molar-refractivity contribution in [3.63, 3.8) is 0 Å². The molecular formula is C9H16N4O2. The topological polar surface area (TPSA) is 80.0 Å². The maximum atomic E-state index is 11.2. The molecule has 1 heterocycles. The van der Waals surface area contributed by atoms with Crippen LogP contribution in [0, 0.1) is 6.92 Å². The van der Waals surface area contributed by atoms with Crippen molar-refractivity contribution in [1.82, 2.24) is 20.8 Å². The predicted octanol–water partition coefficient (Wildman–Crippen LogP) is -0.00618. The fraction of sp³-hybridized carbons (Fsp3) is 0.667. The zero-order valence-electron chi connectivity index (χ0n) is 9.04. The summed E-state index contributed by atoms with van der Waals surface area (Å²) in [4.78, 5) is 15.2. The maximum Gasteiger partial charge on any atom is 0.233 e. The lowest BCUT2D eigenvalue weighted by atomic mass is 10.4. The number of amides is 1. The minimum atomic E-state index is -0.0166. The molecule has 0 aliphatic carbocycles. The Morgan fingerprint density at radius 2 is 2.33 bits per heavy atom. The first kappa shape index (κ1) is 11.6. The molecule has 0 saturated heterocycles. The van der Waals surface area contributed by atoms with E-state index < -0.39 is 0 Å². The number of carbonyl (C=O) groups is 1. The average molecular weight is 212 g/mol. The molecule has 1 rings (SSSR count). The predicted molar refractivity (Wildman–Crippen MR) is 54.0 cm³/mol. The van der Waals surface area contributed by atoms with Crippen LogP contribution in [0.4, 0.5) is 0 Å². The molecule has 0 atom stereocenters. The molecule has 1 aromatic heterocycles. The van der Waals surface area contributed by atoms with Gasteiger partial charge in [-0.2, -0.15) is 4.98 Å². The Balaban J connectivity index is 2.13. The van der Waals surface area contributed by atoms with Crippen LogP contribution in [0.1, 0.15) is 25.1 Å². The Labute approximate surface area is 88.4 Å². The van der Waals surface area contributed by atoms with E-state index in [1.54, 1.807) is 6.92 Å². The van der Waals surface area contributed by atoms with Crippen molar-refractivity contribution < 1.29 is 9.32 Å². The number of hydrogen-bond acceptors (Lipinski definition) is 5. The molecule has 84 valence electrons. The molecule has 0 saturated carbocycles. The third-order valence-corrected chi connectivity index (χ3v) is 1.71. The summed E-state index contributed by atoms with van der Waals surface area (Å²) in [7, 11) is 0. The molecule has 0 aromatic carbocycles. The Hall–Kier alpha value is -1.43. The molecule has 1 amide bonds. The van der Waals surface area contributed by atoms with E-state index in [2.05, 4.69) is 20.8 Å². The van der Waals surface area contributed by atoms with Crippen molar-refractivity contribution in [2.24, 2.45) is 0 Å². The summed E-state index contributed by atoms with van der Waals surface area (Å²) >= 11 is 0. The van der Waals surface area contributed by atoms with E-state index in [-0.39, 0.29) is 12.5 Å². The number of aryl methyl sites for hydroxylation is 1. The van der Waals surface area contributed by atoms with Crippen LogP contribution in [0.2, 0.25) is 0 Å². The molecule has 1 aromatic rings. The van der Waals surface area contributed by atoms with Gasteiger partial charge in [0.1, 0.15) is 0 Å². The van der Waals surface area contributed by atoms with Crippen LogP contribution in [0.15, 0.2) is 4.52 Å². The van der Waals surface area contributed by atoms with Gasteiger partial charge >= 0.3 is 0 Å². The molecule has 6 heteroatoms. The quantitative estimate of drug-likeness (QED) is 0.693. The van der Waals surface area contributed by atoms with E-state index in [9.17, 15) is 4.79 Å². The summed E-state index contributed by atoms with van der Waals surface area (Å²) in [6.07, 6.45) is 0.940. The average Bonchev–Trinajstić information content (AvgIpc) is 2.61. The van der Waals surface area contributed by atoms with Crippen LogP contribution in [0.5, 0.6) is 0 Å². The molecular weight excluding hydrogens is 196 g/mol. The summed E-state index contributed by atoms with van der Waals surface area (Å²) in [5.41, 5.74) is 0. The number of aromatic nitrogens is 2. The maximum absolute atomic E-state index is 11.2. The number of rotatable bonds is 6. The number of nitrogens with zero attached hydrogens (tertiary/aromatic N) is 2. The van der Waals surface area contributed by atoms with E-state index in [0.29, 0.717) is 24.8 Å². The van der Waals surface area contributed by atoms with Crippen LogP contribution in [0.3, 0.4) is 0 Å². The van der Waals surface area contributed by atoms with Crippen molar-refractivity contribution in [2.45, 2.75) is 26.8 Å². The summed E-state index contributed by atoms with van der Waals surface area (Å²) in [6.45, 7) is 5.16. The smallest absolute Gasteiger partial charge is 0.233 e. The van der Waals surface area contributed by atoms with Crippen LogP contribution in [-0.2, 0) is 11.3 Å². The number of hydrogen-bond donors (Lipinski definition) is 2. The highest BCUT2D eigenvalue weighted by atomic mass is 16.5. The van der Waals surface area contributed by atoms with E-state index in [0.717, 1.165) is 6.42 Å². The highest BCUT2D eigenvalue weighted by Crippen LogP contribution is 1.93. The van der Waals surface area contributed by atoms with Crippen LogP contribution < -0.4 is 10.6 Å². The summed E-state index contributed by atoms with van der Waals surface area (Å²) in [5, 5.41) is 9.38. The zero-order valence-corrected chi connectivity index (χ0v) is 9.04. The lowest BCUT2D eigenvalue weighted by molar-refractivity contribution is -0.120. The highest BCUT2D eigenvalue weighted by Gasteiger charge is 2.03. The van der Waals surface area contributed by atoms with Gasteiger partial charge in [-0.25, -0.2) is 0 Å². The minimum Gasteiger partial charge on any atom is -0.355 e. The van der Waals surface area contributed by atoms with Gasteiger partial charge < -0.3 is 15.2 Å². The number of nitrogens with one attached hydrogen (secondary N) is 2. The van der Waals surface area contributed by atoms with Gasteiger partial charge in [-0.05, 0) is 6.42 Å². The monoisotopic (exact) mass is 212 g/mol. The van der Waals surface area contributed by atoms with Crippen LogP contribution in [0.25, 0.3) is 0 Å². The van der Waals surface area contributed by atoms with E-state index in [1.807, 2.05) is 6.92 Å². The molecule has 0 aliphatic heterocycles. The van der Waals surface area contributed by atoms with Gasteiger partial charge in [0, 0.05) is 13.5 Å².